The molecule has 14 heteroatoms. The highest BCUT2D eigenvalue weighted by Crippen LogP contribution is 2.28. The van der Waals surface area contributed by atoms with Gasteiger partial charge in [0.25, 0.3) is 5.91 Å². The molecule has 1 saturated heterocycles. The fourth-order valence-corrected chi connectivity index (χ4v) is 3.96. The predicted octanol–water partition coefficient (Wildman–Crippen LogP) is 3.85. The lowest BCUT2D eigenvalue weighted by molar-refractivity contribution is -0.153. The van der Waals surface area contributed by atoms with Crippen molar-refractivity contribution < 1.29 is 40.3 Å². The SMILES string of the molecule is CCC(NC(=O)c1cn(-c2c(F)cc(F)cc2F)c2nc(N3CCOCC3)c(F)cc2c1=O)C(F)(F)F. The van der Waals surface area contributed by atoms with Crippen molar-refractivity contribution in [2.45, 2.75) is 25.6 Å². The first-order valence-electron chi connectivity index (χ1n) is 11.0. The molecule has 0 radical (unpaired) electrons. The first-order chi connectivity index (χ1) is 17.4. The van der Waals surface area contributed by atoms with Crippen molar-refractivity contribution in [2.24, 2.45) is 0 Å². The second-order valence-corrected chi connectivity index (χ2v) is 8.20. The third-order valence-corrected chi connectivity index (χ3v) is 5.80. The number of nitrogens with one attached hydrogen (secondary N) is 1. The molecule has 3 aromatic rings. The zero-order chi connectivity index (χ0) is 27.1. The number of pyridine rings is 2. The molecule has 1 N–H and O–H groups in total. The minimum atomic E-state index is -4.85. The lowest BCUT2D eigenvalue weighted by Crippen LogP contribution is -2.46. The van der Waals surface area contributed by atoms with Gasteiger partial charge < -0.3 is 15.0 Å². The minimum absolute atomic E-state index is 0.204. The standard InChI is InChI=1S/C23H19F7N4O3/c1-2-17(23(28,29)30)31-22(36)13-10-34(18-14(25)7-11(24)8-15(18)26)20-12(19(13)35)9-16(27)21(32-20)33-3-5-37-6-4-33/h7-10,17H,2-6H2,1H3,(H,31,36). The Kier molecular flexibility index (Phi) is 7.13. The van der Waals surface area contributed by atoms with Gasteiger partial charge in [-0.05, 0) is 12.5 Å². The van der Waals surface area contributed by atoms with E-state index < -0.39 is 75.5 Å². The van der Waals surface area contributed by atoms with E-state index in [2.05, 4.69) is 4.98 Å². The van der Waals surface area contributed by atoms with Crippen LogP contribution in [0.4, 0.5) is 36.6 Å². The van der Waals surface area contributed by atoms with E-state index in [0.717, 1.165) is 6.92 Å². The number of hydrogen-bond donors (Lipinski definition) is 1. The second-order valence-electron chi connectivity index (χ2n) is 8.20. The van der Waals surface area contributed by atoms with Crippen LogP contribution in [0.1, 0.15) is 23.7 Å². The van der Waals surface area contributed by atoms with Gasteiger partial charge in [0.05, 0.1) is 18.6 Å². The Labute approximate surface area is 204 Å². The molecule has 0 bridgehead atoms. The van der Waals surface area contributed by atoms with Gasteiger partial charge in [-0.3, -0.25) is 14.2 Å². The fraction of sp³-hybridized carbons (Fsp3) is 0.348. The molecule has 1 unspecified atom stereocenters. The van der Waals surface area contributed by atoms with Crippen LogP contribution in [0.3, 0.4) is 0 Å². The largest absolute Gasteiger partial charge is 0.408 e. The van der Waals surface area contributed by atoms with E-state index in [1.165, 1.54) is 4.90 Å². The van der Waals surface area contributed by atoms with E-state index in [-0.39, 0.29) is 32.1 Å². The third-order valence-electron chi connectivity index (χ3n) is 5.80. The van der Waals surface area contributed by atoms with Gasteiger partial charge in [0.2, 0.25) is 5.43 Å². The van der Waals surface area contributed by atoms with Crippen LogP contribution >= 0.6 is 0 Å². The third kappa shape index (κ3) is 5.10. The second kappa shape index (κ2) is 10.00. The summed E-state index contributed by atoms with van der Waals surface area (Å²) in [5, 5.41) is 1.03. The molecule has 1 amide bonds. The molecule has 4 rings (SSSR count). The fourth-order valence-electron chi connectivity index (χ4n) is 3.96. The van der Waals surface area contributed by atoms with E-state index in [4.69, 9.17) is 4.74 Å². The normalized spacial score (nSPS) is 15.2. The molecule has 1 fully saturated rings. The highest BCUT2D eigenvalue weighted by atomic mass is 19.4. The number of aromatic nitrogens is 2. The quantitative estimate of drug-likeness (QED) is 0.506. The number of alkyl halides is 3. The molecule has 37 heavy (non-hydrogen) atoms. The first-order valence-corrected chi connectivity index (χ1v) is 11.0. The summed E-state index contributed by atoms with van der Waals surface area (Å²) in [7, 11) is 0. The number of hydrogen-bond acceptors (Lipinski definition) is 5. The van der Waals surface area contributed by atoms with E-state index in [1.54, 1.807) is 5.32 Å². The van der Waals surface area contributed by atoms with Crippen molar-refractivity contribution >= 4 is 22.8 Å². The molecular weight excluding hydrogens is 513 g/mol. The van der Waals surface area contributed by atoms with E-state index in [0.29, 0.717) is 29.0 Å². The van der Waals surface area contributed by atoms with Crippen LogP contribution in [0.2, 0.25) is 0 Å². The number of carbonyl (C=O) groups is 1. The van der Waals surface area contributed by atoms with Gasteiger partial charge in [-0.2, -0.15) is 13.2 Å². The number of ether oxygens (including phenoxy) is 1. The van der Waals surface area contributed by atoms with Crippen molar-refractivity contribution in [2.75, 3.05) is 31.2 Å². The summed E-state index contributed by atoms with van der Waals surface area (Å²) in [5.41, 5.74) is -3.66. The summed E-state index contributed by atoms with van der Waals surface area (Å²) in [6.07, 6.45) is -4.83. The van der Waals surface area contributed by atoms with Gasteiger partial charge in [0.15, 0.2) is 28.9 Å². The van der Waals surface area contributed by atoms with E-state index in [1.807, 2.05) is 0 Å². The molecule has 0 saturated carbocycles. The summed E-state index contributed by atoms with van der Waals surface area (Å²) >= 11 is 0. The van der Waals surface area contributed by atoms with Crippen LogP contribution in [0, 0.1) is 23.3 Å². The number of amides is 1. The Morgan fingerprint density at radius 2 is 1.70 bits per heavy atom. The molecule has 7 nitrogen and oxygen atoms in total. The Bertz CT molecular complexity index is 1400. The maximum atomic E-state index is 15.0. The Hall–Kier alpha value is -3.68. The molecular formula is C23H19F7N4O3. The van der Waals surface area contributed by atoms with E-state index in [9.17, 15) is 35.9 Å². The van der Waals surface area contributed by atoms with Crippen LogP contribution in [0.5, 0.6) is 0 Å². The number of nitrogens with zero attached hydrogens (tertiary/aromatic N) is 3. The van der Waals surface area contributed by atoms with Gasteiger partial charge >= 0.3 is 6.18 Å². The average Bonchev–Trinajstić information content (AvgIpc) is 2.82. The highest BCUT2D eigenvalue weighted by molar-refractivity contribution is 5.97. The van der Waals surface area contributed by atoms with Crippen LogP contribution < -0.4 is 15.6 Å². The average molecular weight is 532 g/mol. The maximum Gasteiger partial charge on any atom is 0.408 e. The van der Waals surface area contributed by atoms with Gasteiger partial charge in [-0.1, -0.05) is 6.92 Å². The monoisotopic (exact) mass is 532 g/mol. The smallest absolute Gasteiger partial charge is 0.378 e. The number of fused-ring (bicyclic) bond motifs is 1. The lowest BCUT2D eigenvalue weighted by Gasteiger charge is -2.28. The van der Waals surface area contributed by atoms with Crippen LogP contribution in [-0.4, -0.2) is 54.0 Å². The molecule has 1 aliphatic rings. The first kappa shape index (κ1) is 26.4. The molecule has 3 heterocycles. The highest BCUT2D eigenvalue weighted by Gasteiger charge is 2.40. The topological polar surface area (TPSA) is 76.5 Å². The van der Waals surface area contributed by atoms with Crippen LogP contribution in [0.15, 0.2) is 29.2 Å². The van der Waals surface area contributed by atoms with Gasteiger partial charge in [0, 0.05) is 31.4 Å². The molecule has 0 spiro atoms. The van der Waals surface area contributed by atoms with Crippen molar-refractivity contribution in [3.05, 3.63) is 63.5 Å². The molecule has 1 atom stereocenters. The van der Waals surface area contributed by atoms with Gasteiger partial charge in [0.1, 0.15) is 23.1 Å². The summed E-state index contributed by atoms with van der Waals surface area (Å²) < 4.78 is 104. The number of rotatable bonds is 5. The predicted molar refractivity (Wildman–Crippen MR) is 118 cm³/mol. The van der Waals surface area contributed by atoms with E-state index >= 15 is 4.39 Å². The lowest BCUT2D eigenvalue weighted by atomic mass is 10.1. The Morgan fingerprint density at radius 3 is 2.27 bits per heavy atom. The zero-order valence-electron chi connectivity index (χ0n) is 19.1. The van der Waals surface area contributed by atoms with Crippen molar-refractivity contribution in [1.82, 2.24) is 14.9 Å². The number of halogens is 7. The molecule has 198 valence electrons. The maximum absolute atomic E-state index is 15.0. The number of benzene rings is 1. The number of anilines is 1. The van der Waals surface area contributed by atoms with Crippen LogP contribution in [-0.2, 0) is 4.74 Å². The summed E-state index contributed by atoms with van der Waals surface area (Å²) in [4.78, 5) is 31.4. The number of morpholine rings is 1. The number of carbonyl (C=O) groups excluding carboxylic acids is 1. The van der Waals surface area contributed by atoms with Crippen molar-refractivity contribution in [1.29, 1.82) is 0 Å². The minimum Gasteiger partial charge on any atom is -0.378 e. The molecule has 1 aromatic carbocycles. The van der Waals surface area contributed by atoms with Gasteiger partial charge in [-0.25, -0.2) is 22.5 Å². The summed E-state index contributed by atoms with van der Waals surface area (Å²) in [5.74, 6) is -7.01. The zero-order valence-corrected chi connectivity index (χ0v) is 19.1. The molecule has 0 aliphatic carbocycles. The summed E-state index contributed by atoms with van der Waals surface area (Å²) in [6, 6.07) is -0.999. The molecule has 2 aromatic heterocycles. The van der Waals surface area contributed by atoms with Crippen molar-refractivity contribution in [3.63, 3.8) is 0 Å². The Morgan fingerprint density at radius 1 is 1.08 bits per heavy atom. The summed E-state index contributed by atoms with van der Waals surface area (Å²) in [6.45, 7) is 2.01. The van der Waals surface area contributed by atoms with Crippen molar-refractivity contribution in [3.8, 4) is 5.69 Å². The Balaban J connectivity index is 1.98. The molecule has 1 aliphatic heterocycles. The van der Waals surface area contributed by atoms with Crippen LogP contribution in [0.25, 0.3) is 16.7 Å². The van der Waals surface area contributed by atoms with Gasteiger partial charge in [-0.15, -0.1) is 0 Å².